The molecule has 1 aliphatic heterocycles. The maximum Gasteiger partial charge on any atom is 0.247 e. The van der Waals surface area contributed by atoms with Crippen molar-refractivity contribution in [3.8, 4) is 11.6 Å². The molecule has 0 aliphatic carbocycles. The predicted octanol–water partition coefficient (Wildman–Crippen LogP) is 3.91. The second kappa shape index (κ2) is 12.0. The molecule has 12 heteroatoms. The molecule has 4 aromatic rings. The summed E-state index contributed by atoms with van der Waals surface area (Å²) in [6, 6.07) is 11.8. The van der Waals surface area contributed by atoms with Crippen LogP contribution < -0.4 is 25.6 Å². The van der Waals surface area contributed by atoms with Crippen molar-refractivity contribution in [3.63, 3.8) is 0 Å². The molecule has 208 valence electrons. The van der Waals surface area contributed by atoms with Crippen molar-refractivity contribution in [1.82, 2.24) is 19.9 Å². The number of ether oxygens (including phenoxy) is 1. The molecule has 0 bridgehead atoms. The number of carbonyl (C=O) groups is 1. The molecule has 2 aromatic carbocycles. The van der Waals surface area contributed by atoms with E-state index in [9.17, 15) is 9.90 Å². The van der Waals surface area contributed by atoms with Crippen LogP contribution in [0.5, 0.6) is 11.6 Å². The van der Waals surface area contributed by atoms with Crippen molar-refractivity contribution >= 4 is 45.6 Å². The highest BCUT2D eigenvalue weighted by Crippen LogP contribution is 2.35. The molecule has 1 amide bonds. The number of fused-ring (bicyclic) bond motifs is 1. The number of aliphatic hydroxyl groups is 1. The van der Waals surface area contributed by atoms with Crippen LogP contribution in [-0.2, 0) is 4.79 Å². The minimum absolute atomic E-state index is 0.0654. The number of piperazine rings is 1. The van der Waals surface area contributed by atoms with E-state index >= 15 is 4.39 Å². The van der Waals surface area contributed by atoms with Crippen molar-refractivity contribution in [2.45, 2.75) is 0 Å². The Morgan fingerprint density at radius 2 is 2.00 bits per heavy atom. The largest absolute Gasteiger partial charge is 0.438 e. The first kappa shape index (κ1) is 26.9. The van der Waals surface area contributed by atoms with E-state index in [0.29, 0.717) is 46.1 Å². The molecule has 2 aromatic heterocycles. The Bertz CT molecular complexity index is 1520. The third kappa shape index (κ3) is 6.14. The molecule has 11 nitrogen and oxygen atoms in total. The average Bonchev–Trinajstić information content (AvgIpc) is 3.36. The lowest BCUT2D eigenvalue weighted by Crippen LogP contribution is -2.44. The maximum absolute atomic E-state index is 15.1. The lowest BCUT2D eigenvalue weighted by atomic mass is 10.2. The minimum Gasteiger partial charge on any atom is -0.438 e. The number of rotatable bonds is 10. The Morgan fingerprint density at radius 1 is 1.18 bits per heavy atom. The molecular weight excluding hydrogens is 515 g/mol. The Labute approximate surface area is 230 Å². The van der Waals surface area contributed by atoms with Crippen LogP contribution in [0.15, 0.2) is 61.3 Å². The smallest absolute Gasteiger partial charge is 0.247 e. The number of amides is 1. The van der Waals surface area contributed by atoms with Crippen LogP contribution in [0.25, 0.3) is 11.0 Å². The fourth-order valence-corrected chi connectivity index (χ4v) is 4.42. The van der Waals surface area contributed by atoms with Crippen molar-refractivity contribution in [2.24, 2.45) is 0 Å². The van der Waals surface area contributed by atoms with E-state index in [2.05, 4.69) is 49.4 Å². The first-order valence-corrected chi connectivity index (χ1v) is 12.9. The summed E-state index contributed by atoms with van der Waals surface area (Å²) < 4.78 is 21.3. The number of hydrogen-bond donors (Lipinski definition) is 5. The Kier molecular flexibility index (Phi) is 8.08. The summed E-state index contributed by atoms with van der Waals surface area (Å²) in [5, 5.41) is 18.8. The van der Waals surface area contributed by atoms with E-state index in [1.54, 1.807) is 42.6 Å². The van der Waals surface area contributed by atoms with Crippen LogP contribution in [0.1, 0.15) is 0 Å². The molecule has 1 saturated heterocycles. The number of aliphatic hydroxyl groups excluding tert-OH is 1. The zero-order valence-corrected chi connectivity index (χ0v) is 22.1. The second-order valence-electron chi connectivity index (χ2n) is 9.33. The third-order valence-corrected chi connectivity index (χ3v) is 6.47. The molecule has 0 saturated carbocycles. The van der Waals surface area contributed by atoms with E-state index in [-0.39, 0.29) is 30.2 Å². The van der Waals surface area contributed by atoms with Gasteiger partial charge >= 0.3 is 0 Å². The van der Waals surface area contributed by atoms with Gasteiger partial charge in [-0.2, -0.15) is 9.97 Å². The molecule has 0 atom stereocenters. The lowest BCUT2D eigenvalue weighted by Gasteiger charge is -2.34. The topological polar surface area (TPSA) is 131 Å². The van der Waals surface area contributed by atoms with Gasteiger partial charge in [-0.3, -0.25) is 4.79 Å². The predicted molar refractivity (Wildman–Crippen MR) is 154 cm³/mol. The molecule has 3 heterocycles. The van der Waals surface area contributed by atoms with E-state index in [1.807, 2.05) is 4.90 Å². The van der Waals surface area contributed by atoms with Gasteiger partial charge in [0.1, 0.15) is 22.6 Å². The van der Waals surface area contributed by atoms with Crippen molar-refractivity contribution in [2.75, 3.05) is 67.2 Å². The van der Waals surface area contributed by atoms with E-state index in [1.165, 1.54) is 12.1 Å². The lowest BCUT2D eigenvalue weighted by molar-refractivity contribution is -0.111. The maximum atomic E-state index is 15.1. The summed E-state index contributed by atoms with van der Waals surface area (Å²) in [6.45, 7) is 7.00. The number of anilines is 5. The summed E-state index contributed by atoms with van der Waals surface area (Å²) >= 11 is 0. The van der Waals surface area contributed by atoms with Gasteiger partial charge in [0.2, 0.25) is 17.7 Å². The van der Waals surface area contributed by atoms with Gasteiger partial charge in [-0.25, -0.2) is 4.39 Å². The highest BCUT2D eigenvalue weighted by Gasteiger charge is 2.19. The summed E-state index contributed by atoms with van der Waals surface area (Å²) in [4.78, 5) is 28.2. The number of aromatic nitrogens is 3. The van der Waals surface area contributed by atoms with Crippen LogP contribution >= 0.6 is 0 Å². The normalized spacial score (nSPS) is 13.7. The molecule has 5 N–H and O–H groups in total. The highest BCUT2D eigenvalue weighted by molar-refractivity contribution is 5.99. The second-order valence-corrected chi connectivity index (χ2v) is 9.33. The van der Waals surface area contributed by atoms with Crippen LogP contribution in [0.3, 0.4) is 0 Å². The molecule has 5 rings (SSSR count). The van der Waals surface area contributed by atoms with Crippen LogP contribution in [0.2, 0.25) is 0 Å². The quantitative estimate of drug-likeness (QED) is 0.188. The van der Waals surface area contributed by atoms with Gasteiger partial charge in [-0.1, -0.05) is 12.6 Å². The zero-order valence-electron chi connectivity index (χ0n) is 22.1. The van der Waals surface area contributed by atoms with Gasteiger partial charge in [-0.05, 0) is 43.5 Å². The zero-order chi connectivity index (χ0) is 28.1. The van der Waals surface area contributed by atoms with Crippen molar-refractivity contribution in [1.29, 1.82) is 0 Å². The van der Waals surface area contributed by atoms with E-state index in [4.69, 9.17) is 4.74 Å². The molecule has 1 fully saturated rings. The van der Waals surface area contributed by atoms with Crippen molar-refractivity contribution in [3.05, 3.63) is 67.1 Å². The van der Waals surface area contributed by atoms with E-state index < -0.39 is 0 Å². The Balaban J connectivity index is 1.44. The molecule has 1 aliphatic rings. The van der Waals surface area contributed by atoms with Crippen LogP contribution in [0, 0.1) is 5.82 Å². The van der Waals surface area contributed by atoms with Crippen LogP contribution in [0.4, 0.5) is 33.1 Å². The first-order valence-electron chi connectivity index (χ1n) is 12.9. The minimum atomic E-state index is -0.347. The fraction of sp³-hybridized carbons (Fsp3) is 0.250. The van der Waals surface area contributed by atoms with Gasteiger partial charge in [0.25, 0.3) is 0 Å². The van der Waals surface area contributed by atoms with Gasteiger partial charge in [0.15, 0.2) is 0 Å². The molecule has 0 spiro atoms. The number of halogens is 1. The first-order chi connectivity index (χ1) is 19.4. The Hall–Kier alpha value is -4.68. The number of H-pyrrole nitrogens is 1. The average molecular weight is 547 g/mol. The third-order valence-electron chi connectivity index (χ3n) is 6.47. The summed E-state index contributed by atoms with van der Waals surface area (Å²) in [5.74, 6) is 0.155. The molecule has 0 unspecified atom stereocenters. The monoisotopic (exact) mass is 546 g/mol. The number of nitrogens with zero attached hydrogens (tertiary/aromatic N) is 4. The van der Waals surface area contributed by atoms with E-state index in [0.717, 1.165) is 26.2 Å². The number of hydrogen-bond acceptors (Lipinski definition) is 9. The summed E-state index contributed by atoms with van der Waals surface area (Å²) in [7, 11) is 2.06. The molecule has 0 radical (unpaired) electrons. The van der Waals surface area contributed by atoms with Gasteiger partial charge in [0.05, 0.1) is 18.0 Å². The van der Waals surface area contributed by atoms with Gasteiger partial charge < -0.3 is 40.6 Å². The van der Waals surface area contributed by atoms with Crippen LogP contribution in [-0.4, -0.2) is 77.2 Å². The Morgan fingerprint density at radius 3 is 2.75 bits per heavy atom. The fourth-order valence-electron chi connectivity index (χ4n) is 4.42. The summed E-state index contributed by atoms with van der Waals surface area (Å²) in [6.07, 6.45) is 2.88. The van der Waals surface area contributed by atoms with Gasteiger partial charge in [0, 0.05) is 56.4 Å². The van der Waals surface area contributed by atoms with Gasteiger partial charge in [-0.15, -0.1) is 0 Å². The number of carbonyl (C=O) groups excluding carboxylic acids is 1. The molecular formula is C28H31FN8O3. The number of benzene rings is 2. The number of aromatic amines is 1. The molecule has 40 heavy (non-hydrogen) atoms. The summed E-state index contributed by atoms with van der Waals surface area (Å²) in [5.41, 5.74) is 2.68. The number of likely N-dealkylation sites (N-methyl/N-ethyl adjacent to an activating group) is 1. The van der Waals surface area contributed by atoms with Crippen molar-refractivity contribution < 1.29 is 19.0 Å². The number of nitrogens with one attached hydrogen (secondary N) is 4. The SMILES string of the molecule is C=CC(=O)Nc1cccc(Oc2nc(Nc3ccc(N4CCN(C)CC4)c(F)c3)nc3[nH]cc(NCCO)c23)c1. The standard InChI is InChI=1S/C28H31FN8O3/c1-3-24(39)32-18-5-4-6-20(15-18)40-27-25-22(30-9-14-38)17-31-26(25)34-28(35-27)33-19-7-8-23(21(29)16-19)37-12-10-36(2)11-13-37/h3-8,15-17,30,38H,1,9-14H2,2H3,(H,32,39)(H2,31,33,34,35). The highest BCUT2D eigenvalue weighted by atomic mass is 19.1.